The van der Waals surface area contributed by atoms with E-state index < -0.39 is 0 Å². The van der Waals surface area contributed by atoms with Crippen LogP contribution in [-0.4, -0.2) is 10.2 Å². The van der Waals surface area contributed by atoms with Gasteiger partial charge in [0.1, 0.15) is 11.5 Å². The Balaban J connectivity index is 1.84. The standard InChI is InChI=1S/C32H22O2/c33-31-24-16-8-7-11-21(24)19-20-27(31)30-29(23-14-5-2-6-15-23)28(22-12-3-1-4-13-22)25-17-9-10-18-26(25)32(30)34/h1-20,33-34H. The first kappa shape index (κ1) is 20.1. The summed E-state index contributed by atoms with van der Waals surface area (Å²) in [6, 6.07) is 39.9. The molecule has 162 valence electrons. The Morgan fingerprint density at radius 3 is 1.56 bits per heavy atom. The molecule has 0 bridgehead atoms. The van der Waals surface area contributed by atoms with E-state index in [1.165, 1.54) is 0 Å². The molecule has 0 amide bonds. The molecular weight excluding hydrogens is 416 g/mol. The van der Waals surface area contributed by atoms with Gasteiger partial charge < -0.3 is 10.2 Å². The molecule has 2 N–H and O–H groups in total. The number of hydrogen-bond acceptors (Lipinski definition) is 2. The Hall–Kier alpha value is -4.56. The van der Waals surface area contributed by atoms with E-state index in [-0.39, 0.29) is 11.5 Å². The predicted octanol–water partition coefficient (Wildman–Crippen LogP) is 8.41. The quantitative estimate of drug-likeness (QED) is 0.291. The molecule has 2 heteroatoms. The van der Waals surface area contributed by atoms with Crippen molar-refractivity contribution in [1.82, 2.24) is 0 Å². The fourth-order valence-electron chi connectivity index (χ4n) is 4.94. The van der Waals surface area contributed by atoms with Gasteiger partial charge in [-0.05, 0) is 33.5 Å². The van der Waals surface area contributed by atoms with Crippen molar-refractivity contribution < 1.29 is 10.2 Å². The van der Waals surface area contributed by atoms with E-state index in [9.17, 15) is 10.2 Å². The molecule has 0 unspecified atom stereocenters. The van der Waals surface area contributed by atoms with Gasteiger partial charge in [0, 0.05) is 27.5 Å². The first-order chi connectivity index (χ1) is 16.7. The molecule has 6 rings (SSSR count). The number of benzene rings is 6. The van der Waals surface area contributed by atoms with Gasteiger partial charge in [0.05, 0.1) is 0 Å². The number of phenols is 2. The summed E-state index contributed by atoms with van der Waals surface area (Å²) < 4.78 is 0. The van der Waals surface area contributed by atoms with Gasteiger partial charge in [0.15, 0.2) is 0 Å². The third-order valence-corrected chi connectivity index (χ3v) is 6.48. The fraction of sp³-hybridized carbons (Fsp3) is 0. The van der Waals surface area contributed by atoms with Crippen LogP contribution in [0.15, 0.2) is 121 Å². The first-order valence-corrected chi connectivity index (χ1v) is 11.3. The van der Waals surface area contributed by atoms with Crippen LogP contribution >= 0.6 is 0 Å². The normalized spacial score (nSPS) is 11.2. The van der Waals surface area contributed by atoms with Crippen molar-refractivity contribution in [1.29, 1.82) is 0 Å². The van der Waals surface area contributed by atoms with Gasteiger partial charge in [-0.3, -0.25) is 0 Å². The van der Waals surface area contributed by atoms with Crippen LogP contribution in [0.3, 0.4) is 0 Å². The molecule has 6 aromatic rings. The lowest BCUT2D eigenvalue weighted by Crippen LogP contribution is -1.95. The van der Waals surface area contributed by atoms with E-state index in [1.807, 2.05) is 97.1 Å². The molecule has 0 fully saturated rings. The van der Waals surface area contributed by atoms with Crippen LogP contribution in [-0.2, 0) is 0 Å². The first-order valence-electron chi connectivity index (χ1n) is 11.3. The van der Waals surface area contributed by atoms with Crippen LogP contribution in [0.1, 0.15) is 0 Å². The number of aromatic hydroxyl groups is 2. The number of fused-ring (bicyclic) bond motifs is 2. The predicted molar refractivity (Wildman–Crippen MR) is 141 cm³/mol. The summed E-state index contributed by atoms with van der Waals surface area (Å²) >= 11 is 0. The molecule has 0 aliphatic rings. The third kappa shape index (κ3) is 3.12. The minimum absolute atomic E-state index is 0.166. The van der Waals surface area contributed by atoms with Crippen molar-refractivity contribution in [2.75, 3.05) is 0 Å². The summed E-state index contributed by atoms with van der Waals surface area (Å²) in [6.07, 6.45) is 0. The second kappa shape index (κ2) is 8.09. The zero-order valence-corrected chi connectivity index (χ0v) is 18.4. The molecule has 0 aliphatic heterocycles. The molecule has 0 saturated heterocycles. The lowest BCUT2D eigenvalue weighted by atomic mass is 9.82. The maximum Gasteiger partial charge on any atom is 0.132 e. The van der Waals surface area contributed by atoms with Gasteiger partial charge in [0.25, 0.3) is 0 Å². The molecule has 0 spiro atoms. The third-order valence-electron chi connectivity index (χ3n) is 6.48. The molecule has 6 aromatic carbocycles. The molecule has 0 radical (unpaired) electrons. The maximum absolute atomic E-state index is 11.7. The van der Waals surface area contributed by atoms with Crippen LogP contribution in [0.4, 0.5) is 0 Å². The largest absolute Gasteiger partial charge is 0.507 e. The van der Waals surface area contributed by atoms with Crippen LogP contribution in [0.2, 0.25) is 0 Å². The summed E-state index contributed by atoms with van der Waals surface area (Å²) in [7, 11) is 0. The minimum Gasteiger partial charge on any atom is -0.507 e. The Kier molecular flexibility index (Phi) is 4.78. The molecule has 0 aromatic heterocycles. The van der Waals surface area contributed by atoms with E-state index >= 15 is 0 Å². The highest BCUT2D eigenvalue weighted by Crippen LogP contribution is 2.52. The van der Waals surface area contributed by atoms with Crippen LogP contribution in [0, 0.1) is 0 Å². The van der Waals surface area contributed by atoms with Crippen molar-refractivity contribution in [2.24, 2.45) is 0 Å². The van der Waals surface area contributed by atoms with Crippen molar-refractivity contribution in [3.8, 4) is 44.9 Å². The van der Waals surface area contributed by atoms with Crippen LogP contribution < -0.4 is 0 Å². The average Bonchev–Trinajstić information content (AvgIpc) is 2.90. The van der Waals surface area contributed by atoms with E-state index in [1.54, 1.807) is 0 Å². The van der Waals surface area contributed by atoms with Crippen molar-refractivity contribution >= 4 is 21.5 Å². The van der Waals surface area contributed by atoms with Crippen LogP contribution in [0.5, 0.6) is 11.5 Å². The maximum atomic E-state index is 11.7. The average molecular weight is 439 g/mol. The monoisotopic (exact) mass is 438 g/mol. The summed E-state index contributed by atoms with van der Waals surface area (Å²) in [4.78, 5) is 0. The SMILES string of the molecule is Oc1c(-c2c(-c3ccccc3)c(-c3ccccc3)c3ccccc3c2O)ccc2ccccc12. The van der Waals surface area contributed by atoms with Crippen molar-refractivity contribution in [3.63, 3.8) is 0 Å². The second-order valence-electron chi connectivity index (χ2n) is 8.43. The lowest BCUT2D eigenvalue weighted by molar-refractivity contribution is 0.476. The number of rotatable bonds is 3. The smallest absolute Gasteiger partial charge is 0.132 e. The highest BCUT2D eigenvalue weighted by atomic mass is 16.3. The van der Waals surface area contributed by atoms with E-state index in [0.29, 0.717) is 11.1 Å². The highest BCUT2D eigenvalue weighted by Gasteiger charge is 2.24. The second-order valence-corrected chi connectivity index (χ2v) is 8.43. The molecular formula is C32H22O2. The van der Waals surface area contributed by atoms with E-state index in [2.05, 4.69) is 24.3 Å². The van der Waals surface area contributed by atoms with Crippen molar-refractivity contribution in [2.45, 2.75) is 0 Å². The summed E-state index contributed by atoms with van der Waals surface area (Å²) in [5, 5.41) is 26.6. The van der Waals surface area contributed by atoms with Gasteiger partial charge in [-0.25, -0.2) is 0 Å². The fourth-order valence-corrected chi connectivity index (χ4v) is 4.94. The summed E-state index contributed by atoms with van der Waals surface area (Å²) in [5.74, 6) is 0.333. The van der Waals surface area contributed by atoms with Gasteiger partial charge in [-0.15, -0.1) is 0 Å². The van der Waals surface area contributed by atoms with Gasteiger partial charge >= 0.3 is 0 Å². The Morgan fingerprint density at radius 1 is 0.353 bits per heavy atom. The van der Waals surface area contributed by atoms with Gasteiger partial charge in [-0.2, -0.15) is 0 Å². The zero-order chi connectivity index (χ0) is 23.1. The molecule has 0 aliphatic carbocycles. The zero-order valence-electron chi connectivity index (χ0n) is 18.4. The Bertz CT molecular complexity index is 1650. The molecule has 0 saturated carbocycles. The number of phenolic OH excluding ortho intramolecular Hbond substituents is 2. The van der Waals surface area contributed by atoms with E-state index in [0.717, 1.165) is 43.8 Å². The topological polar surface area (TPSA) is 40.5 Å². The van der Waals surface area contributed by atoms with E-state index in [4.69, 9.17) is 0 Å². The van der Waals surface area contributed by atoms with Crippen molar-refractivity contribution in [3.05, 3.63) is 121 Å². The Labute approximate surface area is 198 Å². The minimum atomic E-state index is 0.166. The molecule has 2 nitrogen and oxygen atoms in total. The van der Waals surface area contributed by atoms with Gasteiger partial charge in [-0.1, -0.05) is 115 Å². The molecule has 0 heterocycles. The highest BCUT2D eigenvalue weighted by molar-refractivity contribution is 6.15. The molecule has 34 heavy (non-hydrogen) atoms. The Morgan fingerprint density at radius 2 is 0.882 bits per heavy atom. The molecule has 0 atom stereocenters. The summed E-state index contributed by atoms with van der Waals surface area (Å²) in [6.45, 7) is 0. The summed E-state index contributed by atoms with van der Waals surface area (Å²) in [5.41, 5.74) is 5.20. The lowest BCUT2D eigenvalue weighted by Gasteiger charge is -2.22. The van der Waals surface area contributed by atoms with Crippen LogP contribution in [0.25, 0.3) is 54.9 Å². The number of hydrogen-bond donors (Lipinski definition) is 2. The van der Waals surface area contributed by atoms with Gasteiger partial charge in [0.2, 0.25) is 0 Å².